The monoisotopic (exact) mass is 197 g/mol. The Morgan fingerprint density at radius 1 is 1.50 bits per heavy atom. The van der Waals surface area contributed by atoms with E-state index in [1.54, 1.807) is 13.0 Å². The van der Waals surface area contributed by atoms with E-state index in [9.17, 15) is 4.79 Å². The van der Waals surface area contributed by atoms with Crippen LogP contribution in [0.3, 0.4) is 0 Å². The third kappa shape index (κ3) is 4.82. The molecular formula is C11H19NO2. The molecule has 0 saturated carbocycles. The van der Waals surface area contributed by atoms with Crippen LogP contribution in [-0.2, 0) is 9.63 Å². The van der Waals surface area contributed by atoms with Crippen LogP contribution in [0, 0.1) is 0 Å². The maximum atomic E-state index is 11.6. The molecule has 3 nitrogen and oxygen atoms in total. The Bertz CT molecular complexity index is 238. The van der Waals surface area contributed by atoms with Gasteiger partial charge in [-0.3, -0.25) is 9.63 Å². The van der Waals surface area contributed by atoms with Gasteiger partial charge in [0.15, 0.2) is 0 Å². The molecule has 0 spiro atoms. The van der Waals surface area contributed by atoms with Crippen molar-refractivity contribution in [2.24, 2.45) is 0 Å². The summed E-state index contributed by atoms with van der Waals surface area (Å²) in [5, 5.41) is 1.27. The lowest BCUT2D eigenvalue weighted by Gasteiger charge is -2.28. The molecule has 0 aromatic heterocycles. The Morgan fingerprint density at radius 2 is 2.00 bits per heavy atom. The van der Waals surface area contributed by atoms with Gasteiger partial charge in [-0.05, 0) is 27.7 Å². The van der Waals surface area contributed by atoms with E-state index < -0.39 is 5.60 Å². The molecule has 1 amide bonds. The highest BCUT2D eigenvalue weighted by Crippen LogP contribution is 2.12. The molecule has 0 aliphatic heterocycles. The van der Waals surface area contributed by atoms with E-state index in [1.807, 2.05) is 20.8 Å². The predicted molar refractivity (Wildman–Crippen MR) is 57.6 cm³/mol. The molecule has 3 heteroatoms. The maximum Gasteiger partial charge on any atom is 0.272 e. The second-order valence-corrected chi connectivity index (χ2v) is 4.14. The Hall–Kier alpha value is -1.09. The van der Waals surface area contributed by atoms with Gasteiger partial charge in [-0.25, -0.2) is 5.06 Å². The predicted octanol–water partition coefficient (Wildman–Crippen LogP) is 2.31. The Morgan fingerprint density at radius 3 is 2.29 bits per heavy atom. The highest BCUT2D eigenvalue weighted by molar-refractivity contribution is 5.91. The molecule has 0 heterocycles. The van der Waals surface area contributed by atoms with E-state index in [-0.39, 0.29) is 5.91 Å². The number of carbonyl (C=O) groups excluding carboxylic acids is 1. The van der Waals surface area contributed by atoms with Gasteiger partial charge in [-0.1, -0.05) is 12.7 Å². The molecule has 0 saturated heterocycles. The van der Waals surface area contributed by atoms with E-state index in [1.165, 1.54) is 5.06 Å². The zero-order chi connectivity index (χ0) is 11.4. The van der Waals surface area contributed by atoms with Gasteiger partial charge in [0, 0.05) is 5.57 Å². The zero-order valence-corrected chi connectivity index (χ0v) is 9.46. The van der Waals surface area contributed by atoms with Gasteiger partial charge in [-0.2, -0.15) is 0 Å². The number of hydroxylamine groups is 2. The Kier molecular flexibility index (Phi) is 4.57. The van der Waals surface area contributed by atoms with Crippen molar-refractivity contribution in [2.75, 3.05) is 6.54 Å². The first-order chi connectivity index (χ1) is 6.28. The number of amides is 1. The molecule has 0 rings (SSSR count). The van der Waals surface area contributed by atoms with Crippen LogP contribution < -0.4 is 0 Å². The molecule has 0 unspecified atom stereocenters. The van der Waals surface area contributed by atoms with Gasteiger partial charge in [0.05, 0.1) is 12.1 Å². The third-order valence-electron chi connectivity index (χ3n) is 1.27. The van der Waals surface area contributed by atoms with E-state index >= 15 is 0 Å². The van der Waals surface area contributed by atoms with Crippen LogP contribution in [0.2, 0.25) is 0 Å². The second kappa shape index (κ2) is 4.96. The Balaban J connectivity index is 4.52. The van der Waals surface area contributed by atoms with Crippen LogP contribution in [0.25, 0.3) is 0 Å². The average molecular weight is 197 g/mol. The summed E-state index contributed by atoms with van der Waals surface area (Å²) in [5.41, 5.74) is 0.0600. The van der Waals surface area contributed by atoms with Crippen LogP contribution in [0.4, 0.5) is 0 Å². The molecule has 0 bridgehead atoms. The number of nitrogens with zero attached hydrogens (tertiary/aromatic N) is 1. The van der Waals surface area contributed by atoms with Crippen LogP contribution in [0.1, 0.15) is 27.7 Å². The summed E-state index contributed by atoms with van der Waals surface area (Å²) in [5.74, 6) is -0.208. The van der Waals surface area contributed by atoms with Crippen molar-refractivity contribution >= 4 is 5.91 Å². The van der Waals surface area contributed by atoms with Crippen molar-refractivity contribution < 1.29 is 9.63 Å². The normalized spacial score (nSPS) is 10.9. The minimum Gasteiger partial charge on any atom is -0.267 e. The van der Waals surface area contributed by atoms with Crippen LogP contribution in [0.5, 0.6) is 0 Å². The van der Waals surface area contributed by atoms with Gasteiger partial charge in [0.2, 0.25) is 0 Å². The second-order valence-electron chi connectivity index (χ2n) is 4.14. The number of carbonyl (C=O) groups is 1. The van der Waals surface area contributed by atoms with Crippen molar-refractivity contribution in [3.05, 3.63) is 24.8 Å². The van der Waals surface area contributed by atoms with Gasteiger partial charge in [0.1, 0.15) is 0 Å². The smallest absolute Gasteiger partial charge is 0.267 e. The molecule has 0 aliphatic carbocycles. The average Bonchev–Trinajstić information content (AvgIpc) is 1.99. The fourth-order valence-corrected chi connectivity index (χ4v) is 0.822. The van der Waals surface area contributed by atoms with Crippen molar-refractivity contribution in [3.63, 3.8) is 0 Å². The molecule has 0 N–H and O–H groups in total. The standard InChI is InChI=1S/C11H19NO2/c1-7-8-12(10(13)9(2)3)14-11(4,5)6/h7H,1-2,8H2,3-6H3. The van der Waals surface area contributed by atoms with Gasteiger partial charge in [0.25, 0.3) is 5.91 Å². The summed E-state index contributed by atoms with van der Waals surface area (Å²) >= 11 is 0. The lowest BCUT2D eigenvalue weighted by atomic mass is 10.2. The molecule has 0 fully saturated rings. The van der Waals surface area contributed by atoms with E-state index in [2.05, 4.69) is 13.2 Å². The highest BCUT2D eigenvalue weighted by atomic mass is 16.7. The van der Waals surface area contributed by atoms with E-state index in [4.69, 9.17) is 4.84 Å². The van der Waals surface area contributed by atoms with Gasteiger partial charge < -0.3 is 0 Å². The molecule has 0 radical (unpaired) electrons. The van der Waals surface area contributed by atoms with Crippen LogP contribution in [-0.4, -0.2) is 23.1 Å². The fourth-order valence-electron chi connectivity index (χ4n) is 0.822. The first kappa shape index (κ1) is 12.9. The first-order valence-electron chi connectivity index (χ1n) is 4.55. The van der Waals surface area contributed by atoms with Crippen molar-refractivity contribution in [2.45, 2.75) is 33.3 Å². The lowest BCUT2D eigenvalue weighted by molar-refractivity contribution is -0.219. The van der Waals surface area contributed by atoms with Crippen molar-refractivity contribution in [1.29, 1.82) is 0 Å². The van der Waals surface area contributed by atoms with Crippen molar-refractivity contribution in [1.82, 2.24) is 5.06 Å². The summed E-state index contributed by atoms with van der Waals surface area (Å²) in [7, 11) is 0. The SMILES string of the molecule is C=CCN(OC(C)(C)C)C(=O)C(=C)C. The fraction of sp³-hybridized carbons (Fsp3) is 0.545. The molecular weight excluding hydrogens is 178 g/mol. The summed E-state index contributed by atoms with van der Waals surface area (Å²) in [6.45, 7) is 14.8. The minimum absolute atomic E-state index is 0.208. The maximum absolute atomic E-state index is 11.6. The molecule has 0 atom stereocenters. The zero-order valence-electron chi connectivity index (χ0n) is 9.46. The topological polar surface area (TPSA) is 29.5 Å². The summed E-state index contributed by atoms with van der Waals surface area (Å²) in [6, 6.07) is 0. The molecule has 80 valence electrons. The summed E-state index contributed by atoms with van der Waals surface area (Å²) in [6.07, 6.45) is 1.62. The van der Waals surface area contributed by atoms with Gasteiger partial charge >= 0.3 is 0 Å². The Labute approximate surface area is 86.0 Å². The number of rotatable bonds is 4. The molecule has 0 aromatic rings. The first-order valence-corrected chi connectivity index (χ1v) is 4.55. The lowest BCUT2D eigenvalue weighted by Crippen LogP contribution is -2.38. The van der Waals surface area contributed by atoms with Gasteiger partial charge in [-0.15, -0.1) is 6.58 Å². The molecule has 0 aliphatic rings. The minimum atomic E-state index is -0.395. The summed E-state index contributed by atoms with van der Waals surface area (Å²) < 4.78 is 0. The van der Waals surface area contributed by atoms with E-state index in [0.717, 1.165) is 0 Å². The van der Waals surface area contributed by atoms with E-state index in [0.29, 0.717) is 12.1 Å². The number of hydrogen-bond acceptors (Lipinski definition) is 2. The van der Waals surface area contributed by atoms with Crippen LogP contribution >= 0.6 is 0 Å². The number of hydrogen-bond donors (Lipinski definition) is 0. The van der Waals surface area contributed by atoms with Crippen molar-refractivity contribution in [3.8, 4) is 0 Å². The molecule has 14 heavy (non-hydrogen) atoms. The quantitative estimate of drug-likeness (QED) is 0.393. The summed E-state index contributed by atoms with van der Waals surface area (Å²) in [4.78, 5) is 17.0. The third-order valence-corrected chi connectivity index (χ3v) is 1.27. The molecule has 0 aromatic carbocycles. The largest absolute Gasteiger partial charge is 0.272 e. The van der Waals surface area contributed by atoms with Crippen LogP contribution in [0.15, 0.2) is 24.8 Å². The highest BCUT2D eigenvalue weighted by Gasteiger charge is 2.21.